The lowest BCUT2D eigenvalue weighted by Gasteiger charge is -2.35. The van der Waals surface area contributed by atoms with Gasteiger partial charge in [-0.25, -0.2) is 5.43 Å². The Labute approximate surface area is 259 Å². The Morgan fingerprint density at radius 1 is 1.14 bits per heavy atom. The van der Waals surface area contributed by atoms with Crippen molar-refractivity contribution in [2.75, 3.05) is 6.54 Å². The monoisotopic (exact) mass is 601 g/mol. The molecule has 3 N–H and O–H groups in total. The number of amides is 3. The van der Waals surface area contributed by atoms with Crippen LogP contribution >= 0.6 is 0 Å². The van der Waals surface area contributed by atoms with Crippen molar-refractivity contribution in [3.05, 3.63) is 72.1 Å². The summed E-state index contributed by atoms with van der Waals surface area (Å²) in [5.74, 6) is -1.52. The van der Waals surface area contributed by atoms with Crippen LogP contribution in [-0.2, 0) is 23.9 Å². The number of pyridine rings is 1. The molecule has 1 fully saturated rings. The van der Waals surface area contributed by atoms with E-state index >= 15 is 0 Å². The number of aromatic nitrogens is 1. The van der Waals surface area contributed by atoms with E-state index in [0.29, 0.717) is 25.8 Å². The van der Waals surface area contributed by atoms with Gasteiger partial charge in [-0.15, -0.1) is 0 Å². The van der Waals surface area contributed by atoms with E-state index in [0.717, 1.165) is 46.9 Å². The van der Waals surface area contributed by atoms with E-state index in [1.54, 1.807) is 31.3 Å². The number of benzene rings is 1. The molecule has 4 rings (SSSR count). The normalized spacial score (nSPS) is 19.0. The third-order valence-electron chi connectivity index (χ3n) is 8.01. The van der Waals surface area contributed by atoms with Gasteiger partial charge in [-0.3, -0.25) is 29.2 Å². The van der Waals surface area contributed by atoms with Gasteiger partial charge in [-0.1, -0.05) is 36.9 Å². The summed E-state index contributed by atoms with van der Waals surface area (Å²) >= 11 is 0. The maximum Gasteiger partial charge on any atom is 0.325 e. The average Bonchev–Trinajstić information content (AvgIpc) is 3.05. The molecule has 4 atom stereocenters. The summed E-state index contributed by atoms with van der Waals surface area (Å²) in [5, 5.41) is 8.94. The molecule has 0 unspecified atom stereocenters. The average molecular weight is 602 g/mol. The van der Waals surface area contributed by atoms with Gasteiger partial charge in [0.1, 0.15) is 24.2 Å². The summed E-state index contributed by atoms with van der Waals surface area (Å²) in [5.41, 5.74) is 5.47. The number of carbonyl (C=O) groups excluding carboxylic acids is 4. The lowest BCUT2D eigenvalue weighted by Crippen LogP contribution is -2.60. The third kappa shape index (κ3) is 8.41. The molecule has 10 nitrogen and oxygen atoms in total. The second-order valence-corrected chi connectivity index (χ2v) is 11.3. The number of fused-ring (bicyclic) bond motifs is 1. The van der Waals surface area contributed by atoms with Crippen molar-refractivity contribution in [2.24, 2.45) is 0 Å². The van der Waals surface area contributed by atoms with E-state index in [1.165, 1.54) is 5.01 Å². The van der Waals surface area contributed by atoms with Gasteiger partial charge in [0.15, 0.2) is 0 Å². The minimum atomic E-state index is -0.879. The molecule has 0 radical (unpaired) electrons. The molecule has 0 bridgehead atoms. The van der Waals surface area contributed by atoms with Gasteiger partial charge in [0, 0.05) is 24.5 Å². The summed E-state index contributed by atoms with van der Waals surface area (Å²) in [6.07, 6.45) is 13.3. The van der Waals surface area contributed by atoms with Crippen LogP contribution in [0.3, 0.4) is 0 Å². The molecule has 10 heteroatoms. The molecule has 44 heavy (non-hydrogen) atoms. The number of ether oxygens (including phenoxy) is 1. The van der Waals surface area contributed by atoms with Crippen molar-refractivity contribution in [1.82, 2.24) is 26.1 Å². The number of hydrogen-bond donors (Lipinski definition) is 3. The SMILES string of the molecule is C=Cc1cc2cc([C@@H](C)OC(=O)[C@@H]3CCCN(C(=O)[C@H](C)NC(=O)[C@@H](NC(=O)C/C=C/C)C4=CCCCC4)N3)ccc2cn1. The highest BCUT2D eigenvalue weighted by molar-refractivity contribution is 5.94. The number of hydrogen-bond acceptors (Lipinski definition) is 7. The predicted molar refractivity (Wildman–Crippen MR) is 170 cm³/mol. The fraction of sp³-hybridized carbons (Fsp3) is 0.441. The minimum absolute atomic E-state index is 0.171. The lowest BCUT2D eigenvalue weighted by molar-refractivity contribution is -0.157. The number of nitrogens with zero attached hydrogens (tertiary/aromatic N) is 2. The van der Waals surface area contributed by atoms with E-state index in [4.69, 9.17) is 4.74 Å². The highest BCUT2D eigenvalue weighted by Crippen LogP contribution is 2.25. The highest BCUT2D eigenvalue weighted by atomic mass is 16.5. The fourth-order valence-electron chi connectivity index (χ4n) is 5.47. The summed E-state index contributed by atoms with van der Waals surface area (Å²) in [6, 6.07) is 5.32. The van der Waals surface area contributed by atoms with Crippen LogP contribution in [0, 0.1) is 0 Å². The van der Waals surface area contributed by atoms with Gasteiger partial charge in [0.25, 0.3) is 5.91 Å². The van der Waals surface area contributed by atoms with E-state index in [9.17, 15) is 19.2 Å². The molecule has 1 aliphatic heterocycles. The number of rotatable bonds is 11. The van der Waals surface area contributed by atoms with Crippen LogP contribution in [0.25, 0.3) is 16.8 Å². The molecule has 0 spiro atoms. The molecule has 234 valence electrons. The topological polar surface area (TPSA) is 130 Å². The number of carbonyl (C=O) groups is 4. The zero-order valence-corrected chi connectivity index (χ0v) is 25.8. The smallest absolute Gasteiger partial charge is 0.325 e. The van der Waals surface area contributed by atoms with Crippen molar-refractivity contribution in [1.29, 1.82) is 0 Å². The first-order valence-electron chi connectivity index (χ1n) is 15.4. The van der Waals surface area contributed by atoms with Gasteiger partial charge < -0.3 is 15.4 Å². The van der Waals surface area contributed by atoms with Crippen LogP contribution in [0.4, 0.5) is 0 Å². The quantitative estimate of drug-likeness (QED) is 0.257. The van der Waals surface area contributed by atoms with Crippen LogP contribution in [0.1, 0.15) is 83.1 Å². The van der Waals surface area contributed by atoms with E-state index in [-0.39, 0.29) is 18.2 Å². The van der Waals surface area contributed by atoms with Crippen LogP contribution in [-0.4, -0.2) is 58.4 Å². The summed E-state index contributed by atoms with van der Waals surface area (Å²) < 4.78 is 5.80. The van der Waals surface area contributed by atoms with Crippen molar-refractivity contribution >= 4 is 40.5 Å². The molecule has 2 aliphatic rings. The Hall–Kier alpha value is -4.31. The first-order valence-corrected chi connectivity index (χ1v) is 15.4. The number of nitrogens with one attached hydrogen (secondary N) is 3. The Bertz CT molecular complexity index is 1450. The van der Waals surface area contributed by atoms with Crippen LogP contribution < -0.4 is 16.1 Å². The zero-order chi connectivity index (χ0) is 31.6. The molecular weight excluding hydrogens is 558 g/mol. The fourth-order valence-corrected chi connectivity index (χ4v) is 5.47. The first kappa shape index (κ1) is 32.6. The van der Waals surface area contributed by atoms with E-state index in [2.05, 4.69) is 27.6 Å². The summed E-state index contributed by atoms with van der Waals surface area (Å²) in [6.45, 7) is 9.40. The Balaban J connectivity index is 1.35. The van der Waals surface area contributed by atoms with Gasteiger partial charge in [-0.05, 0) is 94.0 Å². The minimum Gasteiger partial charge on any atom is -0.457 e. The Morgan fingerprint density at radius 3 is 2.68 bits per heavy atom. The van der Waals surface area contributed by atoms with Crippen LogP contribution in [0.5, 0.6) is 0 Å². The van der Waals surface area contributed by atoms with Crippen molar-refractivity contribution in [3.8, 4) is 0 Å². The number of esters is 1. The highest BCUT2D eigenvalue weighted by Gasteiger charge is 2.34. The second-order valence-electron chi connectivity index (χ2n) is 11.3. The van der Waals surface area contributed by atoms with Gasteiger partial charge in [0.2, 0.25) is 11.8 Å². The summed E-state index contributed by atoms with van der Waals surface area (Å²) in [4.78, 5) is 56.6. The van der Waals surface area contributed by atoms with Crippen molar-refractivity contribution in [3.63, 3.8) is 0 Å². The molecule has 1 aromatic heterocycles. The maximum atomic E-state index is 13.4. The van der Waals surface area contributed by atoms with Crippen LogP contribution in [0.15, 0.2) is 60.8 Å². The molecule has 2 heterocycles. The van der Waals surface area contributed by atoms with Gasteiger partial charge >= 0.3 is 5.97 Å². The Kier molecular flexibility index (Phi) is 11.4. The molecule has 0 saturated carbocycles. The molecule has 1 saturated heterocycles. The largest absolute Gasteiger partial charge is 0.457 e. The van der Waals surface area contributed by atoms with Crippen LogP contribution in [0.2, 0.25) is 0 Å². The number of allylic oxidation sites excluding steroid dienone is 2. The van der Waals surface area contributed by atoms with Gasteiger partial charge in [0.05, 0.1) is 5.69 Å². The molecule has 3 amide bonds. The summed E-state index contributed by atoms with van der Waals surface area (Å²) in [7, 11) is 0. The Morgan fingerprint density at radius 2 is 1.95 bits per heavy atom. The van der Waals surface area contributed by atoms with Crippen molar-refractivity contribution < 1.29 is 23.9 Å². The molecule has 2 aromatic rings. The van der Waals surface area contributed by atoms with E-state index < -0.39 is 36.1 Å². The lowest BCUT2D eigenvalue weighted by atomic mass is 9.93. The number of hydrazine groups is 1. The maximum absolute atomic E-state index is 13.4. The molecular formula is C34H43N5O5. The van der Waals surface area contributed by atoms with E-state index in [1.807, 2.05) is 44.2 Å². The predicted octanol–water partition coefficient (Wildman–Crippen LogP) is 4.43. The first-order chi connectivity index (χ1) is 21.2. The van der Waals surface area contributed by atoms with Crippen molar-refractivity contribution in [2.45, 2.75) is 89.9 Å². The second kappa shape index (κ2) is 15.4. The third-order valence-corrected chi connectivity index (χ3v) is 8.01. The zero-order valence-electron chi connectivity index (χ0n) is 25.8. The molecule has 1 aromatic carbocycles. The standard InChI is InChI=1S/C34H43N5O5/c1-5-7-15-30(40)37-31(24-12-9-8-10-13-24)32(41)36-22(3)33(42)39-18-11-14-29(38-39)34(43)44-23(4)25-16-17-26-21-35-28(6-2)20-27(26)19-25/h5-7,12,16-17,19-23,29,31,38H,2,8-11,13-15,18H2,1,3-4H3,(H,36,41)(H,37,40)/b7-5+/t22-,23+,29-,31-/m0/s1. The van der Waals surface area contributed by atoms with Gasteiger partial charge in [-0.2, -0.15) is 0 Å². The molecule has 1 aliphatic carbocycles.